The van der Waals surface area contributed by atoms with Crippen LogP contribution in [-0.4, -0.2) is 49.6 Å². The molecule has 1 aliphatic heterocycles. The summed E-state index contributed by atoms with van der Waals surface area (Å²) in [5.74, 6) is -0.263. The molecule has 1 aliphatic rings. The molecule has 0 radical (unpaired) electrons. The molecule has 3 aromatic rings. The zero-order valence-corrected chi connectivity index (χ0v) is 15.7. The Morgan fingerprint density at radius 1 is 1.26 bits per heavy atom. The van der Waals surface area contributed by atoms with E-state index in [1.165, 1.54) is 11.3 Å². The molecular weight excluding hydrogens is 364 g/mol. The van der Waals surface area contributed by atoms with Crippen molar-refractivity contribution in [2.45, 2.75) is 25.7 Å². The molecule has 0 atom stereocenters. The third-order valence-corrected chi connectivity index (χ3v) is 6.04. The first kappa shape index (κ1) is 17.5. The van der Waals surface area contributed by atoms with Crippen LogP contribution in [0.4, 0.5) is 0 Å². The third kappa shape index (κ3) is 3.37. The maximum Gasteiger partial charge on any atom is 0.269 e. The van der Waals surface area contributed by atoms with Crippen LogP contribution in [0.25, 0.3) is 5.13 Å². The minimum atomic E-state index is -0.538. The van der Waals surface area contributed by atoms with E-state index in [1.54, 1.807) is 6.07 Å². The standard InChI is InChI=1S/C18H20N6O2S/c1-11-15(27-18(20-11)24-6-2-3-7-24)17(26)23-8-4-12(5-9-23)13-10-14(16(19)25)22-21-13/h2-3,6-7,10,12H,4-5,8-9H2,1H3,(H2,19,25)(H,21,22). The van der Waals surface area contributed by atoms with Gasteiger partial charge in [-0.25, -0.2) is 4.98 Å². The normalized spacial score (nSPS) is 15.2. The number of hydrogen-bond acceptors (Lipinski definition) is 5. The first-order valence-electron chi connectivity index (χ1n) is 8.78. The summed E-state index contributed by atoms with van der Waals surface area (Å²) >= 11 is 1.42. The number of rotatable bonds is 4. The predicted octanol–water partition coefficient (Wildman–Crippen LogP) is 2.08. The van der Waals surface area contributed by atoms with Gasteiger partial charge >= 0.3 is 0 Å². The highest BCUT2D eigenvalue weighted by Crippen LogP contribution is 2.29. The molecule has 1 saturated heterocycles. The fourth-order valence-corrected chi connectivity index (χ4v) is 4.36. The first-order chi connectivity index (χ1) is 13.0. The number of amides is 2. The van der Waals surface area contributed by atoms with E-state index in [1.807, 2.05) is 40.9 Å². The van der Waals surface area contributed by atoms with Gasteiger partial charge in [-0.1, -0.05) is 11.3 Å². The summed E-state index contributed by atoms with van der Waals surface area (Å²) in [5, 5.41) is 7.64. The fraction of sp³-hybridized carbons (Fsp3) is 0.333. The van der Waals surface area contributed by atoms with Gasteiger partial charge in [0.1, 0.15) is 10.6 Å². The molecule has 0 unspecified atom stereocenters. The van der Waals surface area contributed by atoms with Crippen molar-refractivity contribution in [2.24, 2.45) is 5.73 Å². The highest BCUT2D eigenvalue weighted by Gasteiger charge is 2.28. The van der Waals surface area contributed by atoms with Crippen LogP contribution in [0.1, 0.15) is 50.3 Å². The van der Waals surface area contributed by atoms with Crippen molar-refractivity contribution in [2.75, 3.05) is 13.1 Å². The van der Waals surface area contributed by atoms with Crippen LogP contribution < -0.4 is 5.73 Å². The van der Waals surface area contributed by atoms with E-state index in [2.05, 4.69) is 15.2 Å². The summed E-state index contributed by atoms with van der Waals surface area (Å²) in [4.78, 5) is 31.2. The molecule has 140 valence electrons. The molecule has 3 N–H and O–H groups in total. The average Bonchev–Trinajstić information content (AvgIpc) is 3.41. The van der Waals surface area contributed by atoms with Gasteiger partial charge in [-0.3, -0.25) is 14.7 Å². The van der Waals surface area contributed by atoms with Gasteiger partial charge in [-0.2, -0.15) is 5.10 Å². The fourth-order valence-electron chi connectivity index (χ4n) is 3.36. The van der Waals surface area contributed by atoms with Gasteiger partial charge in [0.05, 0.1) is 5.69 Å². The zero-order chi connectivity index (χ0) is 19.0. The summed E-state index contributed by atoms with van der Waals surface area (Å²) < 4.78 is 1.91. The van der Waals surface area contributed by atoms with E-state index >= 15 is 0 Å². The monoisotopic (exact) mass is 384 g/mol. The number of thiazole rings is 1. The van der Waals surface area contributed by atoms with E-state index in [4.69, 9.17) is 5.73 Å². The van der Waals surface area contributed by atoms with Crippen LogP contribution in [0.5, 0.6) is 0 Å². The Balaban J connectivity index is 1.43. The lowest BCUT2D eigenvalue weighted by atomic mass is 9.93. The van der Waals surface area contributed by atoms with Crippen molar-refractivity contribution in [1.29, 1.82) is 0 Å². The van der Waals surface area contributed by atoms with Crippen LogP contribution in [-0.2, 0) is 0 Å². The number of nitrogens with two attached hydrogens (primary N) is 1. The zero-order valence-electron chi connectivity index (χ0n) is 14.9. The highest BCUT2D eigenvalue weighted by molar-refractivity contribution is 7.16. The van der Waals surface area contributed by atoms with Gasteiger partial charge in [-0.15, -0.1) is 0 Å². The van der Waals surface area contributed by atoms with Crippen LogP contribution in [0.2, 0.25) is 0 Å². The maximum atomic E-state index is 12.9. The van der Waals surface area contributed by atoms with Gasteiger partial charge in [0.15, 0.2) is 5.13 Å². The van der Waals surface area contributed by atoms with E-state index in [0.29, 0.717) is 18.0 Å². The van der Waals surface area contributed by atoms with Gasteiger partial charge in [-0.05, 0) is 38.0 Å². The van der Waals surface area contributed by atoms with Gasteiger partial charge in [0.25, 0.3) is 11.8 Å². The second kappa shape index (κ2) is 6.99. The number of aryl methyl sites for hydroxylation is 1. The number of aromatic amines is 1. The first-order valence-corrected chi connectivity index (χ1v) is 9.59. The molecular formula is C18H20N6O2S. The molecule has 4 rings (SSSR count). The van der Waals surface area contributed by atoms with Gasteiger partial charge in [0.2, 0.25) is 0 Å². The summed E-state index contributed by atoms with van der Waals surface area (Å²) in [6.45, 7) is 3.19. The molecule has 8 nitrogen and oxygen atoms in total. The van der Waals surface area contributed by atoms with E-state index in [9.17, 15) is 9.59 Å². The summed E-state index contributed by atoms with van der Waals surface area (Å²) in [6, 6.07) is 5.57. The van der Waals surface area contributed by atoms with Crippen LogP contribution in [0.3, 0.4) is 0 Å². The number of primary amides is 1. The number of nitrogens with zero attached hydrogens (tertiary/aromatic N) is 4. The molecule has 0 aromatic carbocycles. The number of aromatic nitrogens is 4. The molecule has 3 aromatic heterocycles. The molecule has 27 heavy (non-hydrogen) atoms. The van der Waals surface area contributed by atoms with Crippen molar-refractivity contribution in [3.8, 4) is 5.13 Å². The van der Waals surface area contributed by atoms with Gasteiger partial charge in [0, 0.05) is 37.1 Å². The molecule has 1 fully saturated rings. The lowest BCUT2D eigenvalue weighted by Gasteiger charge is -2.31. The van der Waals surface area contributed by atoms with Crippen molar-refractivity contribution < 1.29 is 9.59 Å². The molecule has 9 heteroatoms. The topological polar surface area (TPSA) is 110 Å². The Labute approximate surface area is 160 Å². The second-order valence-corrected chi connectivity index (χ2v) is 7.62. The molecule has 2 amide bonds. The predicted molar refractivity (Wildman–Crippen MR) is 101 cm³/mol. The quantitative estimate of drug-likeness (QED) is 0.717. The molecule has 0 spiro atoms. The van der Waals surface area contributed by atoms with Crippen molar-refractivity contribution in [3.05, 3.63) is 52.6 Å². The minimum absolute atomic E-state index is 0.0318. The van der Waals surface area contributed by atoms with Crippen LogP contribution in [0.15, 0.2) is 30.6 Å². The largest absolute Gasteiger partial charge is 0.364 e. The van der Waals surface area contributed by atoms with Crippen molar-refractivity contribution >= 4 is 23.2 Å². The smallest absolute Gasteiger partial charge is 0.269 e. The number of likely N-dealkylation sites (tertiary alicyclic amines) is 1. The second-order valence-electron chi connectivity index (χ2n) is 6.64. The van der Waals surface area contributed by atoms with Crippen molar-refractivity contribution in [1.82, 2.24) is 24.6 Å². The molecule has 4 heterocycles. The Hall–Kier alpha value is -2.94. The lowest BCUT2D eigenvalue weighted by molar-refractivity contribution is 0.0716. The van der Waals surface area contributed by atoms with Crippen LogP contribution >= 0.6 is 11.3 Å². The highest BCUT2D eigenvalue weighted by atomic mass is 32.1. The summed E-state index contributed by atoms with van der Waals surface area (Å²) in [5.41, 5.74) is 7.17. The Kier molecular flexibility index (Phi) is 4.53. The Morgan fingerprint density at radius 2 is 1.96 bits per heavy atom. The molecule has 0 aliphatic carbocycles. The van der Waals surface area contributed by atoms with E-state index < -0.39 is 5.91 Å². The molecule has 0 saturated carbocycles. The summed E-state index contributed by atoms with van der Waals surface area (Å²) in [6.07, 6.45) is 5.47. The van der Waals surface area contributed by atoms with Gasteiger partial charge < -0.3 is 15.2 Å². The Bertz CT molecular complexity index is 966. The van der Waals surface area contributed by atoms with Crippen molar-refractivity contribution in [3.63, 3.8) is 0 Å². The minimum Gasteiger partial charge on any atom is -0.364 e. The van der Waals surface area contributed by atoms with Crippen LogP contribution in [0, 0.1) is 6.92 Å². The summed E-state index contributed by atoms with van der Waals surface area (Å²) in [7, 11) is 0. The number of carbonyl (C=O) groups is 2. The lowest BCUT2D eigenvalue weighted by Crippen LogP contribution is -2.37. The average molecular weight is 384 g/mol. The number of H-pyrrole nitrogens is 1. The maximum absolute atomic E-state index is 12.9. The number of hydrogen-bond donors (Lipinski definition) is 2. The number of nitrogens with one attached hydrogen (secondary N) is 1. The third-order valence-electron chi connectivity index (χ3n) is 4.88. The number of carbonyl (C=O) groups excluding carboxylic acids is 2. The molecule has 0 bridgehead atoms. The van der Waals surface area contributed by atoms with E-state index in [0.717, 1.165) is 29.4 Å². The SMILES string of the molecule is Cc1nc(-n2cccc2)sc1C(=O)N1CCC(c2cc(C(N)=O)n[nH]2)CC1. The number of piperidine rings is 1. The Morgan fingerprint density at radius 3 is 2.59 bits per heavy atom. The van der Waals surface area contributed by atoms with E-state index in [-0.39, 0.29) is 17.5 Å².